The first-order valence-corrected chi connectivity index (χ1v) is 8.59. The third-order valence-electron chi connectivity index (χ3n) is 4.25. The number of fused-ring (bicyclic) bond motifs is 1. The minimum Gasteiger partial charge on any atom is -0.507 e. The van der Waals surface area contributed by atoms with Gasteiger partial charge in [0, 0.05) is 6.54 Å². The molecule has 0 saturated heterocycles. The van der Waals surface area contributed by atoms with Gasteiger partial charge in [0.1, 0.15) is 5.75 Å². The van der Waals surface area contributed by atoms with Crippen LogP contribution in [0, 0.1) is 0 Å². The van der Waals surface area contributed by atoms with E-state index in [9.17, 15) is 18.7 Å². The van der Waals surface area contributed by atoms with Crippen molar-refractivity contribution in [2.75, 3.05) is 13.7 Å². The van der Waals surface area contributed by atoms with Gasteiger partial charge in [-0.15, -0.1) is 0 Å². The molecule has 146 valence electrons. The van der Waals surface area contributed by atoms with E-state index >= 15 is 0 Å². The molecule has 0 aromatic heterocycles. The van der Waals surface area contributed by atoms with E-state index in [2.05, 4.69) is 10.1 Å². The number of methoxy groups -OCH3 is 1. The van der Waals surface area contributed by atoms with E-state index in [1.54, 1.807) is 18.2 Å². The van der Waals surface area contributed by atoms with Crippen LogP contribution in [0.3, 0.4) is 0 Å². The van der Waals surface area contributed by atoms with E-state index in [1.165, 1.54) is 19.2 Å². The highest BCUT2D eigenvalue weighted by Crippen LogP contribution is 2.29. The summed E-state index contributed by atoms with van der Waals surface area (Å²) >= 11 is 0. The molecule has 5 nitrogen and oxygen atoms in total. The van der Waals surface area contributed by atoms with E-state index in [0.29, 0.717) is 12.0 Å². The summed E-state index contributed by atoms with van der Waals surface area (Å²) in [6.45, 7) is -2.70. The van der Waals surface area contributed by atoms with Crippen LogP contribution in [0.5, 0.6) is 17.2 Å². The van der Waals surface area contributed by atoms with Crippen molar-refractivity contribution in [3.8, 4) is 17.2 Å². The number of nitrogens with one attached hydrogen (secondary N) is 1. The fraction of sp³-hybridized carbons (Fsp3) is 0.190. The zero-order valence-electron chi connectivity index (χ0n) is 15.1. The van der Waals surface area contributed by atoms with Gasteiger partial charge < -0.3 is 19.9 Å². The monoisotopic (exact) mass is 387 g/mol. The largest absolute Gasteiger partial charge is 0.507 e. The molecule has 0 unspecified atom stereocenters. The Bertz CT molecular complexity index is 991. The molecule has 2 N–H and O–H groups in total. The fourth-order valence-corrected chi connectivity index (χ4v) is 2.89. The van der Waals surface area contributed by atoms with Gasteiger partial charge in [0.2, 0.25) is 0 Å². The molecule has 0 saturated carbocycles. The summed E-state index contributed by atoms with van der Waals surface area (Å²) in [5.41, 5.74) is 0.870. The van der Waals surface area contributed by atoms with Gasteiger partial charge in [-0.2, -0.15) is 8.78 Å². The topological polar surface area (TPSA) is 67.8 Å². The van der Waals surface area contributed by atoms with Crippen LogP contribution < -0.4 is 14.8 Å². The van der Waals surface area contributed by atoms with Gasteiger partial charge in [0.25, 0.3) is 5.91 Å². The highest BCUT2D eigenvalue weighted by Gasteiger charge is 2.14. The number of hydrogen-bond acceptors (Lipinski definition) is 4. The number of phenolic OH excluding ortho intramolecular Hbond substituents is 1. The second kappa shape index (κ2) is 8.56. The van der Waals surface area contributed by atoms with Crippen molar-refractivity contribution >= 4 is 16.7 Å². The summed E-state index contributed by atoms with van der Waals surface area (Å²) in [5.74, 6) is -0.378. The number of halogens is 2. The Balaban J connectivity index is 1.66. The first-order chi connectivity index (χ1) is 13.5. The molecule has 0 aliphatic carbocycles. The van der Waals surface area contributed by atoms with Crippen LogP contribution in [-0.4, -0.2) is 31.3 Å². The first-order valence-electron chi connectivity index (χ1n) is 8.59. The molecule has 3 aromatic rings. The maximum absolute atomic E-state index is 12.5. The normalized spacial score (nSPS) is 10.9. The maximum atomic E-state index is 12.5. The standard InChI is InChI=1S/C21H19F2NO4/c1-27-18-7-6-13(10-19(18)28-21(22)23)8-9-24-20(26)16-11-14-4-2-3-5-15(14)12-17(16)25/h2-7,10-12,21,25H,8-9H2,1H3,(H,24,26). The minimum atomic E-state index is -2.96. The Morgan fingerprint density at radius 2 is 1.79 bits per heavy atom. The van der Waals surface area contributed by atoms with Crippen molar-refractivity contribution in [1.29, 1.82) is 0 Å². The molecule has 3 aromatic carbocycles. The molecule has 3 rings (SSSR count). The molecular weight excluding hydrogens is 368 g/mol. The number of amides is 1. The van der Waals surface area contributed by atoms with Gasteiger partial charge in [0.05, 0.1) is 12.7 Å². The second-order valence-electron chi connectivity index (χ2n) is 6.09. The Labute approximate surface area is 160 Å². The average Bonchev–Trinajstić information content (AvgIpc) is 2.67. The van der Waals surface area contributed by atoms with Crippen LogP contribution in [-0.2, 0) is 6.42 Å². The zero-order chi connectivity index (χ0) is 20.1. The van der Waals surface area contributed by atoms with Gasteiger partial charge in [-0.3, -0.25) is 4.79 Å². The number of phenols is 1. The molecule has 0 radical (unpaired) electrons. The maximum Gasteiger partial charge on any atom is 0.387 e. The van der Waals surface area contributed by atoms with Gasteiger partial charge in [-0.1, -0.05) is 30.3 Å². The van der Waals surface area contributed by atoms with Crippen molar-refractivity contribution in [1.82, 2.24) is 5.32 Å². The molecule has 0 aliphatic rings. The lowest BCUT2D eigenvalue weighted by Gasteiger charge is -2.12. The van der Waals surface area contributed by atoms with Gasteiger partial charge in [-0.05, 0) is 47.0 Å². The molecule has 0 atom stereocenters. The molecule has 0 bridgehead atoms. The fourth-order valence-electron chi connectivity index (χ4n) is 2.89. The number of hydrogen-bond donors (Lipinski definition) is 2. The van der Waals surface area contributed by atoms with E-state index in [4.69, 9.17) is 4.74 Å². The first kappa shape index (κ1) is 19.4. The third kappa shape index (κ3) is 4.49. The number of rotatable bonds is 7. The quantitative estimate of drug-likeness (QED) is 0.640. The number of benzene rings is 3. The Morgan fingerprint density at radius 1 is 1.07 bits per heavy atom. The van der Waals surface area contributed by atoms with Crippen molar-refractivity contribution in [3.63, 3.8) is 0 Å². The van der Waals surface area contributed by atoms with E-state index in [1.807, 2.05) is 24.3 Å². The van der Waals surface area contributed by atoms with Crippen molar-refractivity contribution < 1.29 is 28.2 Å². The van der Waals surface area contributed by atoms with Crippen LogP contribution in [0.1, 0.15) is 15.9 Å². The van der Waals surface area contributed by atoms with Crippen LogP contribution >= 0.6 is 0 Å². The lowest BCUT2D eigenvalue weighted by molar-refractivity contribution is -0.0512. The second-order valence-corrected chi connectivity index (χ2v) is 6.09. The average molecular weight is 387 g/mol. The molecule has 7 heteroatoms. The third-order valence-corrected chi connectivity index (χ3v) is 4.25. The van der Waals surface area contributed by atoms with Gasteiger partial charge in [-0.25, -0.2) is 0 Å². The number of ether oxygens (including phenoxy) is 2. The lowest BCUT2D eigenvalue weighted by Crippen LogP contribution is -2.25. The molecule has 1 amide bonds. The van der Waals surface area contributed by atoms with Crippen LogP contribution in [0.15, 0.2) is 54.6 Å². The van der Waals surface area contributed by atoms with Crippen molar-refractivity contribution in [2.24, 2.45) is 0 Å². The predicted octanol–water partition coefficient (Wildman–Crippen LogP) is 4.13. The highest BCUT2D eigenvalue weighted by atomic mass is 19.3. The summed E-state index contributed by atoms with van der Waals surface area (Å²) in [7, 11) is 1.36. The number of carbonyl (C=O) groups excluding carboxylic acids is 1. The molecule has 0 aliphatic heterocycles. The number of alkyl halides is 2. The molecule has 0 heterocycles. The van der Waals surface area contributed by atoms with E-state index < -0.39 is 12.5 Å². The SMILES string of the molecule is COc1ccc(CCNC(=O)c2cc3ccccc3cc2O)cc1OC(F)F. The smallest absolute Gasteiger partial charge is 0.387 e. The van der Waals surface area contributed by atoms with Gasteiger partial charge in [0.15, 0.2) is 11.5 Å². The predicted molar refractivity (Wildman–Crippen MR) is 101 cm³/mol. The zero-order valence-corrected chi connectivity index (χ0v) is 15.1. The summed E-state index contributed by atoms with van der Waals surface area (Å²) in [6, 6.07) is 15.3. The van der Waals surface area contributed by atoms with Crippen molar-refractivity contribution in [3.05, 3.63) is 65.7 Å². The summed E-state index contributed by atoms with van der Waals surface area (Å²) in [4.78, 5) is 12.4. The molecule has 0 fully saturated rings. The molecule has 28 heavy (non-hydrogen) atoms. The summed E-state index contributed by atoms with van der Waals surface area (Å²) in [6.07, 6.45) is 0.393. The Kier molecular flexibility index (Phi) is 5.93. The number of carbonyl (C=O) groups is 1. The van der Waals surface area contributed by atoms with E-state index in [0.717, 1.165) is 10.8 Å². The lowest BCUT2D eigenvalue weighted by atomic mass is 10.1. The summed E-state index contributed by atoms with van der Waals surface area (Å²) < 4.78 is 34.5. The van der Waals surface area contributed by atoms with Crippen LogP contribution in [0.4, 0.5) is 8.78 Å². The number of aromatic hydroxyl groups is 1. The molecule has 0 spiro atoms. The Hall–Kier alpha value is -3.35. The Morgan fingerprint density at radius 3 is 2.46 bits per heavy atom. The van der Waals surface area contributed by atoms with Crippen molar-refractivity contribution in [2.45, 2.75) is 13.0 Å². The summed E-state index contributed by atoms with van der Waals surface area (Å²) in [5, 5.41) is 14.5. The highest BCUT2D eigenvalue weighted by molar-refractivity contribution is 6.01. The van der Waals surface area contributed by atoms with Crippen LogP contribution in [0.2, 0.25) is 0 Å². The van der Waals surface area contributed by atoms with Crippen LogP contribution in [0.25, 0.3) is 10.8 Å². The van der Waals surface area contributed by atoms with E-state index in [-0.39, 0.29) is 29.4 Å². The molecular formula is C21H19F2NO4. The minimum absolute atomic E-state index is 0.0616. The van der Waals surface area contributed by atoms with Gasteiger partial charge >= 0.3 is 6.61 Å².